The molecule has 3 aromatic heterocycles. The first-order chi connectivity index (χ1) is 19.6. The molecule has 0 aliphatic carbocycles. The second-order valence-electron chi connectivity index (χ2n) is 9.57. The molecule has 5 rings (SSSR count). The van der Waals surface area contributed by atoms with Crippen LogP contribution in [0.4, 0.5) is 13.2 Å². The van der Waals surface area contributed by atoms with Crippen molar-refractivity contribution in [2.45, 2.75) is 57.2 Å². The van der Waals surface area contributed by atoms with E-state index in [0.29, 0.717) is 35.0 Å². The lowest BCUT2D eigenvalue weighted by molar-refractivity contribution is -0.207. The van der Waals surface area contributed by atoms with Crippen LogP contribution in [-0.4, -0.2) is 70.0 Å². The summed E-state index contributed by atoms with van der Waals surface area (Å²) < 4.78 is 48.0. The van der Waals surface area contributed by atoms with Crippen LogP contribution in [0.5, 0.6) is 0 Å². The molecule has 1 N–H and O–H groups in total. The predicted molar refractivity (Wildman–Crippen MR) is 140 cm³/mol. The van der Waals surface area contributed by atoms with Crippen LogP contribution in [0.15, 0.2) is 53.7 Å². The van der Waals surface area contributed by atoms with E-state index in [1.54, 1.807) is 18.3 Å². The normalized spacial score (nSPS) is 16.3. The van der Waals surface area contributed by atoms with Crippen LogP contribution in [0.25, 0.3) is 17.1 Å². The minimum atomic E-state index is -4.94. The molecule has 4 aromatic rings. The molecular weight excluding hydrogens is 567 g/mol. The molecule has 2 atom stereocenters. The number of aromatic nitrogens is 7. The Bertz CT molecular complexity index is 1580. The third-order valence-corrected chi connectivity index (χ3v) is 6.80. The average molecular weight is 592 g/mol. The number of ether oxygens (including phenoxy) is 1. The largest absolute Gasteiger partial charge is 0.416 e. The molecule has 0 saturated carbocycles. The van der Waals surface area contributed by atoms with E-state index in [2.05, 4.69) is 20.2 Å². The van der Waals surface area contributed by atoms with Gasteiger partial charge in [-0.05, 0) is 49.2 Å². The van der Waals surface area contributed by atoms with Gasteiger partial charge >= 0.3 is 11.9 Å². The van der Waals surface area contributed by atoms with E-state index in [-0.39, 0.29) is 36.5 Å². The van der Waals surface area contributed by atoms with Crippen LogP contribution >= 0.6 is 11.6 Å². The summed E-state index contributed by atoms with van der Waals surface area (Å²) in [6.45, 7) is -0.670. The molecule has 0 amide bonds. The number of carbonyl (C=O) groups excluding carboxylic acids is 1. The number of Topliss-reactive ketones (excluding diaryl/α,β-unsaturated/α-hetero) is 1. The molecule has 15 heteroatoms. The standard InChI is InChI=1S/C26H25ClF3N7O4/c27-17-7-5-16(6-8-17)24-34-36(25(40)35(24)13-22(39)26(28,29)30)14-23-32-15-37(33-23)21-4-1-9-31-20(21)12-18(38)11-19-3-2-10-41-19/h1,4-9,15,19,22,39H,2-3,10-14H2/t19?,22-/m0/s1. The molecule has 4 heterocycles. The summed E-state index contributed by atoms with van der Waals surface area (Å²) in [5.41, 5.74) is 0.432. The van der Waals surface area contributed by atoms with Crippen LogP contribution in [0.1, 0.15) is 30.8 Å². The SMILES string of the molecule is O=C(Cc1ncccc1-n1cnc(Cn2nc(-c3ccc(Cl)cc3)n(C[C@H](O)C(F)(F)F)c2=O)n1)CC1CCCO1. The van der Waals surface area contributed by atoms with Crippen molar-refractivity contribution in [1.29, 1.82) is 0 Å². The molecular formula is C26H25ClF3N7O4. The number of halogens is 4. The first-order valence-electron chi connectivity index (χ1n) is 12.7. The fourth-order valence-corrected chi connectivity index (χ4v) is 4.64. The number of alkyl halides is 3. The van der Waals surface area contributed by atoms with Gasteiger partial charge in [0.2, 0.25) is 0 Å². The Morgan fingerprint density at radius 1 is 1.17 bits per heavy atom. The highest BCUT2D eigenvalue weighted by Gasteiger charge is 2.39. The Labute approximate surface area is 236 Å². The van der Waals surface area contributed by atoms with Gasteiger partial charge in [0, 0.05) is 29.8 Å². The van der Waals surface area contributed by atoms with Crippen molar-refractivity contribution in [3.63, 3.8) is 0 Å². The van der Waals surface area contributed by atoms with Crippen LogP contribution in [-0.2, 0) is 29.0 Å². The highest BCUT2D eigenvalue weighted by atomic mass is 35.5. The van der Waals surface area contributed by atoms with Crippen molar-refractivity contribution in [3.8, 4) is 17.1 Å². The first-order valence-corrected chi connectivity index (χ1v) is 13.1. The maximum Gasteiger partial charge on any atom is 0.416 e. The average Bonchev–Trinajstić information content (AvgIpc) is 3.67. The zero-order valence-electron chi connectivity index (χ0n) is 21.5. The van der Waals surface area contributed by atoms with Gasteiger partial charge in [0.15, 0.2) is 17.8 Å². The van der Waals surface area contributed by atoms with E-state index in [1.165, 1.54) is 35.3 Å². The number of hydrogen-bond acceptors (Lipinski definition) is 8. The second kappa shape index (κ2) is 11.9. The number of aliphatic hydroxyl groups excluding tert-OH is 1. The molecule has 1 unspecified atom stereocenters. The van der Waals surface area contributed by atoms with Crippen molar-refractivity contribution >= 4 is 17.4 Å². The summed E-state index contributed by atoms with van der Waals surface area (Å²) in [6, 6.07) is 9.42. The molecule has 1 aliphatic rings. The monoisotopic (exact) mass is 591 g/mol. The fraction of sp³-hybridized carbons (Fsp3) is 0.385. The Morgan fingerprint density at radius 3 is 2.66 bits per heavy atom. The van der Waals surface area contributed by atoms with E-state index in [9.17, 15) is 27.9 Å². The lowest BCUT2D eigenvalue weighted by Crippen LogP contribution is -2.37. The number of benzene rings is 1. The topological polar surface area (TPSA) is 130 Å². The van der Waals surface area contributed by atoms with Crippen molar-refractivity contribution in [1.82, 2.24) is 34.1 Å². The second-order valence-corrected chi connectivity index (χ2v) is 10.0. The number of pyridine rings is 1. The van der Waals surface area contributed by atoms with Gasteiger partial charge in [0.05, 0.1) is 30.5 Å². The van der Waals surface area contributed by atoms with Crippen LogP contribution < -0.4 is 5.69 Å². The number of rotatable bonds is 10. The Balaban J connectivity index is 1.40. The van der Waals surface area contributed by atoms with Gasteiger partial charge in [-0.15, -0.1) is 10.2 Å². The number of nitrogens with zero attached hydrogens (tertiary/aromatic N) is 7. The molecule has 0 bridgehead atoms. The summed E-state index contributed by atoms with van der Waals surface area (Å²) in [5, 5.41) is 18.7. The lowest BCUT2D eigenvalue weighted by Gasteiger charge is -2.15. The zero-order chi connectivity index (χ0) is 29.1. The number of aliphatic hydroxyl groups is 1. The van der Waals surface area contributed by atoms with Gasteiger partial charge in [-0.2, -0.15) is 13.2 Å². The molecule has 216 valence electrons. The first kappa shape index (κ1) is 28.6. The van der Waals surface area contributed by atoms with Crippen molar-refractivity contribution in [2.24, 2.45) is 0 Å². The molecule has 1 aliphatic heterocycles. The Hall–Kier alpha value is -3.88. The summed E-state index contributed by atoms with van der Waals surface area (Å²) in [7, 11) is 0. The van der Waals surface area contributed by atoms with Crippen LogP contribution in [0.3, 0.4) is 0 Å². The molecule has 0 radical (unpaired) electrons. The number of ketones is 1. The molecule has 0 spiro atoms. The van der Waals surface area contributed by atoms with E-state index in [1.807, 2.05) is 0 Å². The van der Waals surface area contributed by atoms with Gasteiger partial charge in [0.1, 0.15) is 18.7 Å². The predicted octanol–water partition coefficient (Wildman–Crippen LogP) is 2.99. The van der Waals surface area contributed by atoms with Crippen molar-refractivity contribution < 1.29 is 27.8 Å². The highest BCUT2D eigenvalue weighted by molar-refractivity contribution is 6.30. The minimum Gasteiger partial charge on any atom is -0.382 e. The molecule has 11 nitrogen and oxygen atoms in total. The molecule has 1 aromatic carbocycles. The highest BCUT2D eigenvalue weighted by Crippen LogP contribution is 2.24. The third kappa shape index (κ3) is 6.72. The van der Waals surface area contributed by atoms with Gasteiger partial charge < -0.3 is 9.84 Å². The van der Waals surface area contributed by atoms with E-state index in [4.69, 9.17) is 16.3 Å². The van der Waals surface area contributed by atoms with Crippen LogP contribution in [0, 0.1) is 0 Å². The summed E-state index contributed by atoms with van der Waals surface area (Å²) >= 11 is 5.93. The summed E-state index contributed by atoms with van der Waals surface area (Å²) in [6.07, 6.45) is -2.71. The summed E-state index contributed by atoms with van der Waals surface area (Å²) in [4.78, 5) is 34.3. The third-order valence-electron chi connectivity index (χ3n) is 6.55. The van der Waals surface area contributed by atoms with E-state index in [0.717, 1.165) is 22.1 Å². The van der Waals surface area contributed by atoms with E-state index >= 15 is 0 Å². The van der Waals surface area contributed by atoms with E-state index < -0.39 is 24.5 Å². The zero-order valence-corrected chi connectivity index (χ0v) is 22.3. The maximum atomic E-state index is 13.1. The van der Waals surface area contributed by atoms with Gasteiger partial charge in [-0.3, -0.25) is 14.3 Å². The quantitative estimate of drug-likeness (QED) is 0.298. The van der Waals surface area contributed by atoms with Gasteiger partial charge in [-0.25, -0.2) is 19.1 Å². The number of hydrogen-bond donors (Lipinski definition) is 1. The molecule has 1 fully saturated rings. The van der Waals surface area contributed by atoms with Gasteiger partial charge in [-0.1, -0.05) is 11.6 Å². The summed E-state index contributed by atoms with van der Waals surface area (Å²) in [5.74, 6) is 0.0232. The Kier molecular flexibility index (Phi) is 8.33. The molecule has 1 saturated heterocycles. The maximum absolute atomic E-state index is 13.1. The Morgan fingerprint density at radius 2 is 1.95 bits per heavy atom. The molecule has 41 heavy (non-hydrogen) atoms. The smallest absolute Gasteiger partial charge is 0.382 e. The van der Waals surface area contributed by atoms with Crippen molar-refractivity contribution in [2.75, 3.05) is 6.61 Å². The van der Waals surface area contributed by atoms with Gasteiger partial charge in [0.25, 0.3) is 0 Å². The van der Waals surface area contributed by atoms with Crippen LogP contribution in [0.2, 0.25) is 5.02 Å². The fourth-order valence-electron chi connectivity index (χ4n) is 4.51. The minimum absolute atomic E-state index is 0.0231. The lowest BCUT2D eigenvalue weighted by atomic mass is 10.1. The van der Waals surface area contributed by atoms with Crippen molar-refractivity contribution in [3.05, 3.63) is 75.9 Å². The number of carbonyl (C=O) groups is 1.